The first-order valence-electron chi connectivity index (χ1n) is 4.96. The predicted molar refractivity (Wildman–Crippen MR) is 67.2 cm³/mol. The number of alkyl halides is 1. The zero-order valence-electron chi connectivity index (χ0n) is 8.94. The number of aryl methyl sites for hydroxylation is 1. The third-order valence-corrected chi connectivity index (χ3v) is 3.31. The minimum absolute atomic E-state index is 0.424. The highest BCUT2D eigenvalue weighted by atomic mass is 35.5. The first-order valence-corrected chi connectivity index (χ1v) is 6.37. The van der Waals surface area contributed by atoms with Crippen molar-refractivity contribution in [2.45, 2.75) is 19.4 Å². The largest absolute Gasteiger partial charge is 0.488 e. The standard InChI is InChI=1S/C12H12ClNOS/c1-9-5-12(10(6-13)7-14-9)15-8-11-3-2-4-16-11/h2-5,7H,6,8H2,1H3. The SMILES string of the molecule is Cc1cc(OCc2cccs2)c(CCl)cn1. The van der Waals surface area contributed by atoms with Gasteiger partial charge in [0.15, 0.2) is 0 Å². The molecule has 2 aromatic heterocycles. The average molecular weight is 254 g/mol. The van der Waals surface area contributed by atoms with E-state index in [0.717, 1.165) is 17.0 Å². The molecular weight excluding hydrogens is 242 g/mol. The molecule has 0 fully saturated rings. The summed E-state index contributed by atoms with van der Waals surface area (Å²) in [4.78, 5) is 5.40. The van der Waals surface area contributed by atoms with Crippen LogP contribution in [0.15, 0.2) is 29.8 Å². The van der Waals surface area contributed by atoms with Gasteiger partial charge in [0.2, 0.25) is 0 Å². The van der Waals surface area contributed by atoms with Gasteiger partial charge in [-0.2, -0.15) is 0 Å². The highest BCUT2D eigenvalue weighted by Gasteiger charge is 2.04. The summed E-state index contributed by atoms with van der Waals surface area (Å²) in [5.74, 6) is 1.25. The number of rotatable bonds is 4. The minimum atomic E-state index is 0.424. The van der Waals surface area contributed by atoms with Crippen molar-refractivity contribution in [2.24, 2.45) is 0 Å². The Bertz CT molecular complexity index is 456. The molecule has 0 atom stereocenters. The molecule has 0 unspecified atom stereocenters. The summed E-state index contributed by atoms with van der Waals surface area (Å²) < 4.78 is 5.74. The molecule has 2 rings (SSSR count). The van der Waals surface area contributed by atoms with Crippen LogP contribution in [0.4, 0.5) is 0 Å². The molecule has 0 aliphatic heterocycles. The molecule has 0 amide bonds. The Balaban J connectivity index is 2.11. The lowest BCUT2D eigenvalue weighted by atomic mass is 10.2. The van der Waals surface area contributed by atoms with E-state index in [9.17, 15) is 0 Å². The molecular formula is C12H12ClNOS. The molecule has 0 N–H and O–H groups in total. The Labute approximate surface area is 104 Å². The highest BCUT2D eigenvalue weighted by molar-refractivity contribution is 7.09. The Kier molecular flexibility index (Phi) is 3.80. The van der Waals surface area contributed by atoms with E-state index in [1.165, 1.54) is 4.88 Å². The summed E-state index contributed by atoms with van der Waals surface area (Å²) in [5, 5.41) is 2.04. The summed E-state index contributed by atoms with van der Waals surface area (Å²) in [6.07, 6.45) is 1.77. The Hall–Kier alpha value is -1.06. The fourth-order valence-corrected chi connectivity index (χ4v) is 2.16. The second-order valence-corrected chi connectivity index (χ2v) is 4.73. The molecule has 0 saturated carbocycles. The molecule has 0 spiro atoms. The van der Waals surface area contributed by atoms with Gasteiger partial charge in [0, 0.05) is 28.4 Å². The van der Waals surface area contributed by atoms with Gasteiger partial charge in [-0.3, -0.25) is 4.98 Å². The topological polar surface area (TPSA) is 22.1 Å². The van der Waals surface area contributed by atoms with Crippen molar-refractivity contribution in [1.29, 1.82) is 0 Å². The molecule has 16 heavy (non-hydrogen) atoms. The number of halogens is 1. The second kappa shape index (κ2) is 5.32. The lowest BCUT2D eigenvalue weighted by molar-refractivity contribution is 0.306. The molecule has 2 nitrogen and oxygen atoms in total. The van der Waals surface area contributed by atoms with Crippen molar-refractivity contribution in [3.63, 3.8) is 0 Å². The van der Waals surface area contributed by atoms with E-state index in [1.54, 1.807) is 17.5 Å². The van der Waals surface area contributed by atoms with E-state index in [-0.39, 0.29) is 0 Å². The van der Waals surface area contributed by atoms with Crippen LogP contribution in [0.3, 0.4) is 0 Å². The lowest BCUT2D eigenvalue weighted by Crippen LogP contribution is -1.97. The van der Waals surface area contributed by atoms with Gasteiger partial charge in [0.05, 0.1) is 5.88 Å². The molecule has 84 valence electrons. The monoisotopic (exact) mass is 253 g/mol. The van der Waals surface area contributed by atoms with Gasteiger partial charge in [0.25, 0.3) is 0 Å². The first-order chi connectivity index (χ1) is 7.79. The smallest absolute Gasteiger partial charge is 0.127 e. The molecule has 4 heteroatoms. The summed E-state index contributed by atoms with van der Waals surface area (Å²) in [6, 6.07) is 5.99. The van der Waals surface area contributed by atoms with Crippen LogP contribution in [-0.2, 0) is 12.5 Å². The van der Waals surface area contributed by atoms with Crippen molar-refractivity contribution in [3.8, 4) is 5.75 Å². The molecule has 0 aliphatic carbocycles. The number of thiophene rings is 1. The van der Waals surface area contributed by atoms with E-state index in [2.05, 4.69) is 11.1 Å². The molecule has 0 aromatic carbocycles. The van der Waals surface area contributed by atoms with E-state index >= 15 is 0 Å². The second-order valence-electron chi connectivity index (χ2n) is 3.44. The Morgan fingerprint density at radius 2 is 2.38 bits per heavy atom. The zero-order valence-corrected chi connectivity index (χ0v) is 10.5. The van der Waals surface area contributed by atoms with Crippen LogP contribution in [0.2, 0.25) is 0 Å². The summed E-state index contributed by atoms with van der Waals surface area (Å²) in [5.41, 5.74) is 1.87. The third-order valence-electron chi connectivity index (χ3n) is 2.17. The van der Waals surface area contributed by atoms with Crippen LogP contribution in [0, 0.1) is 6.92 Å². The zero-order chi connectivity index (χ0) is 11.4. The van der Waals surface area contributed by atoms with E-state index < -0.39 is 0 Å². The van der Waals surface area contributed by atoms with E-state index in [4.69, 9.17) is 16.3 Å². The number of aromatic nitrogens is 1. The van der Waals surface area contributed by atoms with Gasteiger partial charge in [-0.1, -0.05) is 6.07 Å². The normalized spacial score (nSPS) is 10.4. The lowest BCUT2D eigenvalue weighted by Gasteiger charge is -2.09. The minimum Gasteiger partial charge on any atom is -0.488 e. The Morgan fingerprint density at radius 1 is 1.50 bits per heavy atom. The van der Waals surface area contributed by atoms with Crippen molar-refractivity contribution in [2.75, 3.05) is 0 Å². The van der Waals surface area contributed by atoms with Crippen LogP contribution in [-0.4, -0.2) is 4.98 Å². The molecule has 2 heterocycles. The Morgan fingerprint density at radius 3 is 3.06 bits per heavy atom. The quantitative estimate of drug-likeness (QED) is 0.774. The number of ether oxygens (including phenoxy) is 1. The van der Waals surface area contributed by atoms with Crippen molar-refractivity contribution in [1.82, 2.24) is 4.98 Å². The van der Waals surface area contributed by atoms with Gasteiger partial charge in [0.1, 0.15) is 12.4 Å². The van der Waals surface area contributed by atoms with Crippen molar-refractivity contribution in [3.05, 3.63) is 45.9 Å². The van der Waals surface area contributed by atoms with Crippen LogP contribution < -0.4 is 4.74 Å². The van der Waals surface area contributed by atoms with Gasteiger partial charge in [-0.25, -0.2) is 0 Å². The molecule has 0 radical (unpaired) electrons. The first kappa shape index (κ1) is 11.4. The molecule has 0 bridgehead atoms. The van der Waals surface area contributed by atoms with Gasteiger partial charge < -0.3 is 4.74 Å². The number of nitrogens with zero attached hydrogens (tertiary/aromatic N) is 1. The highest BCUT2D eigenvalue weighted by Crippen LogP contribution is 2.22. The van der Waals surface area contributed by atoms with Crippen LogP contribution in [0.5, 0.6) is 5.75 Å². The van der Waals surface area contributed by atoms with Gasteiger partial charge in [-0.05, 0) is 18.4 Å². The van der Waals surface area contributed by atoms with Gasteiger partial charge >= 0.3 is 0 Å². The summed E-state index contributed by atoms with van der Waals surface area (Å²) in [6.45, 7) is 2.53. The summed E-state index contributed by atoms with van der Waals surface area (Å²) >= 11 is 7.51. The van der Waals surface area contributed by atoms with Gasteiger partial charge in [-0.15, -0.1) is 22.9 Å². The van der Waals surface area contributed by atoms with E-state index in [1.807, 2.05) is 24.4 Å². The van der Waals surface area contributed by atoms with Crippen molar-refractivity contribution < 1.29 is 4.74 Å². The number of hydrogen-bond donors (Lipinski definition) is 0. The third kappa shape index (κ3) is 2.74. The molecule has 2 aromatic rings. The van der Waals surface area contributed by atoms with Crippen LogP contribution in [0.25, 0.3) is 0 Å². The molecule has 0 aliphatic rings. The summed E-state index contributed by atoms with van der Waals surface area (Å²) in [7, 11) is 0. The fourth-order valence-electron chi connectivity index (χ4n) is 1.34. The maximum Gasteiger partial charge on any atom is 0.127 e. The number of pyridine rings is 1. The average Bonchev–Trinajstić information content (AvgIpc) is 2.79. The maximum atomic E-state index is 5.83. The van der Waals surface area contributed by atoms with E-state index in [0.29, 0.717) is 12.5 Å². The maximum absolute atomic E-state index is 5.83. The predicted octanol–water partition coefficient (Wildman–Crippen LogP) is 3.77. The van der Waals surface area contributed by atoms with Crippen LogP contribution >= 0.6 is 22.9 Å². The molecule has 0 saturated heterocycles. The fraction of sp³-hybridized carbons (Fsp3) is 0.250. The van der Waals surface area contributed by atoms with Crippen molar-refractivity contribution >= 4 is 22.9 Å². The number of hydrogen-bond acceptors (Lipinski definition) is 3. The van der Waals surface area contributed by atoms with Crippen LogP contribution in [0.1, 0.15) is 16.1 Å².